The molecular weight excluding hydrogens is 420 g/mol. The van der Waals surface area contributed by atoms with Gasteiger partial charge in [-0.25, -0.2) is 4.79 Å². The zero-order valence-electron chi connectivity index (χ0n) is 19.0. The normalized spacial score (nSPS) is 18.4. The van der Waals surface area contributed by atoms with Crippen molar-refractivity contribution in [2.24, 2.45) is 11.8 Å². The monoisotopic (exact) mass is 450 g/mol. The van der Waals surface area contributed by atoms with Crippen molar-refractivity contribution in [3.05, 3.63) is 59.7 Å². The zero-order chi connectivity index (χ0) is 23.5. The van der Waals surface area contributed by atoms with E-state index in [1.54, 1.807) is 4.90 Å². The molecule has 2 aliphatic rings. The first-order valence-electron chi connectivity index (χ1n) is 11.5. The van der Waals surface area contributed by atoms with Gasteiger partial charge in [0.2, 0.25) is 5.91 Å². The topological polar surface area (TPSA) is 95.9 Å². The molecule has 2 N–H and O–H groups in total. The van der Waals surface area contributed by atoms with Gasteiger partial charge < -0.3 is 20.1 Å². The van der Waals surface area contributed by atoms with E-state index in [0.29, 0.717) is 19.4 Å². The number of hydrogen-bond acceptors (Lipinski definition) is 4. The van der Waals surface area contributed by atoms with Gasteiger partial charge in [0.05, 0.1) is 5.92 Å². The number of rotatable bonds is 6. The molecule has 2 amide bonds. The summed E-state index contributed by atoms with van der Waals surface area (Å²) in [5.41, 5.74) is 4.54. The van der Waals surface area contributed by atoms with Crippen LogP contribution < -0.4 is 5.32 Å². The van der Waals surface area contributed by atoms with Crippen molar-refractivity contribution >= 4 is 18.0 Å². The van der Waals surface area contributed by atoms with E-state index in [4.69, 9.17) is 4.74 Å². The second kappa shape index (κ2) is 9.65. The average Bonchev–Trinajstić information content (AvgIpc) is 3.14. The maximum Gasteiger partial charge on any atom is 0.407 e. The highest BCUT2D eigenvalue weighted by molar-refractivity contribution is 5.86. The number of hydrogen-bond donors (Lipinski definition) is 2. The Labute approximate surface area is 193 Å². The third-order valence-electron chi connectivity index (χ3n) is 6.63. The number of benzene rings is 2. The maximum absolute atomic E-state index is 13.1. The zero-order valence-corrected chi connectivity index (χ0v) is 19.0. The number of amides is 2. The van der Waals surface area contributed by atoms with Crippen molar-refractivity contribution in [1.29, 1.82) is 0 Å². The van der Waals surface area contributed by atoms with Crippen LogP contribution >= 0.6 is 0 Å². The standard InChI is InChI=1S/C26H30N2O5/c1-16(2)23(24(29)28-13-7-8-17(14-28)25(30)31)27-26(32)33-15-22-20-11-5-3-9-18(20)19-10-4-6-12-21(19)22/h3-6,9-12,16-17,22-23H,7-8,13-15H2,1-2H3,(H,27,32)(H,30,31)/t17-,23-/m1/s1. The molecule has 0 radical (unpaired) electrons. The molecule has 2 atom stereocenters. The minimum atomic E-state index is -0.891. The van der Waals surface area contributed by atoms with E-state index in [1.165, 1.54) is 0 Å². The molecular formula is C26H30N2O5. The van der Waals surface area contributed by atoms with Crippen LogP contribution in [-0.4, -0.2) is 53.7 Å². The molecule has 0 saturated carbocycles. The molecule has 4 rings (SSSR count). The van der Waals surface area contributed by atoms with Crippen LogP contribution in [0.3, 0.4) is 0 Å². The number of carboxylic acids is 1. The van der Waals surface area contributed by atoms with E-state index in [-0.39, 0.29) is 30.9 Å². The summed E-state index contributed by atoms with van der Waals surface area (Å²) < 4.78 is 5.60. The molecule has 0 unspecified atom stereocenters. The fourth-order valence-electron chi connectivity index (χ4n) is 4.86. The van der Waals surface area contributed by atoms with Crippen LogP contribution in [0.2, 0.25) is 0 Å². The number of aliphatic carboxylic acids is 1. The van der Waals surface area contributed by atoms with Gasteiger partial charge in [-0.2, -0.15) is 0 Å². The van der Waals surface area contributed by atoms with Crippen LogP contribution in [0.15, 0.2) is 48.5 Å². The lowest BCUT2D eigenvalue weighted by Crippen LogP contribution is -2.54. The first-order valence-corrected chi connectivity index (χ1v) is 11.5. The Balaban J connectivity index is 1.41. The predicted molar refractivity (Wildman–Crippen MR) is 124 cm³/mol. The van der Waals surface area contributed by atoms with Gasteiger partial charge in [0, 0.05) is 19.0 Å². The Bertz CT molecular complexity index is 1000. The third-order valence-corrected chi connectivity index (χ3v) is 6.63. The minimum absolute atomic E-state index is 0.0604. The number of carbonyl (C=O) groups is 3. The van der Waals surface area contributed by atoms with Crippen molar-refractivity contribution in [1.82, 2.24) is 10.2 Å². The Kier molecular flexibility index (Phi) is 6.67. The smallest absolute Gasteiger partial charge is 0.407 e. The summed E-state index contributed by atoms with van der Waals surface area (Å²) in [6, 6.07) is 15.4. The summed E-state index contributed by atoms with van der Waals surface area (Å²) in [6.07, 6.45) is 0.555. The number of nitrogens with zero attached hydrogens (tertiary/aromatic N) is 1. The first kappa shape index (κ1) is 22.8. The highest BCUT2D eigenvalue weighted by atomic mass is 16.5. The van der Waals surface area contributed by atoms with Gasteiger partial charge in [-0.1, -0.05) is 62.4 Å². The number of carboxylic acid groups (broad SMARTS) is 1. The lowest BCUT2D eigenvalue weighted by atomic mass is 9.96. The molecule has 2 aromatic carbocycles. The molecule has 0 spiro atoms. The average molecular weight is 451 g/mol. The van der Waals surface area contributed by atoms with Gasteiger partial charge in [-0.15, -0.1) is 0 Å². The fraction of sp³-hybridized carbons (Fsp3) is 0.423. The molecule has 1 fully saturated rings. The molecule has 33 heavy (non-hydrogen) atoms. The van der Waals surface area contributed by atoms with E-state index in [2.05, 4.69) is 29.6 Å². The maximum atomic E-state index is 13.1. The van der Waals surface area contributed by atoms with Crippen LogP contribution in [0, 0.1) is 11.8 Å². The second-order valence-corrected chi connectivity index (χ2v) is 9.15. The van der Waals surface area contributed by atoms with Crippen molar-refractivity contribution in [2.75, 3.05) is 19.7 Å². The molecule has 0 bridgehead atoms. The molecule has 1 aliphatic carbocycles. The molecule has 1 aliphatic heterocycles. The molecule has 2 aromatic rings. The predicted octanol–water partition coefficient (Wildman–Crippen LogP) is 3.87. The van der Waals surface area contributed by atoms with Crippen LogP contribution in [0.4, 0.5) is 4.79 Å². The Morgan fingerprint density at radius 2 is 1.67 bits per heavy atom. The summed E-state index contributed by atoms with van der Waals surface area (Å²) in [6.45, 7) is 4.54. The van der Waals surface area contributed by atoms with E-state index >= 15 is 0 Å². The highest BCUT2D eigenvalue weighted by Crippen LogP contribution is 2.44. The Hall–Kier alpha value is -3.35. The number of fused-ring (bicyclic) bond motifs is 3. The van der Waals surface area contributed by atoms with Crippen LogP contribution in [-0.2, 0) is 14.3 Å². The van der Waals surface area contributed by atoms with Gasteiger partial charge in [0.25, 0.3) is 0 Å². The molecule has 7 nitrogen and oxygen atoms in total. The fourth-order valence-corrected chi connectivity index (χ4v) is 4.86. The van der Waals surface area contributed by atoms with E-state index in [0.717, 1.165) is 22.3 Å². The molecule has 7 heteroatoms. The molecule has 1 heterocycles. The lowest BCUT2D eigenvalue weighted by molar-refractivity contribution is -0.146. The first-order chi connectivity index (χ1) is 15.9. The number of piperidine rings is 1. The molecule has 1 saturated heterocycles. The SMILES string of the molecule is CC(C)[C@@H](NC(=O)OCC1c2ccccc2-c2ccccc21)C(=O)N1CCC[C@@H](C(=O)O)C1. The summed E-state index contributed by atoms with van der Waals surface area (Å²) >= 11 is 0. The van der Waals surface area contributed by atoms with Crippen molar-refractivity contribution in [3.8, 4) is 11.1 Å². The minimum Gasteiger partial charge on any atom is -0.481 e. The third kappa shape index (κ3) is 4.72. The number of alkyl carbamates (subject to hydrolysis) is 1. The summed E-state index contributed by atoms with van der Waals surface area (Å²) in [4.78, 5) is 38.7. The second-order valence-electron chi connectivity index (χ2n) is 9.15. The number of likely N-dealkylation sites (tertiary alicyclic amines) is 1. The Morgan fingerprint density at radius 3 is 2.24 bits per heavy atom. The van der Waals surface area contributed by atoms with Gasteiger partial charge in [0.15, 0.2) is 0 Å². The van der Waals surface area contributed by atoms with Crippen LogP contribution in [0.5, 0.6) is 0 Å². The molecule has 174 valence electrons. The van der Waals surface area contributed by atoms with E-state index in [1.807, 2.05) is 38.1 Å². The lowest BCUT2D eigenvalue weighted by Gasteiger charge is -2.34. The van der Waals surface area contributed by atoms with Crippen LogP contribution in [0.1, 0.15) is 43.7 Å². The van der Waals surface area contributed by atoms with E-state index in [9.17, 15) is 19.5 Å². The number of ether oxygens (including phenoxy) is 1. The van der Waals surface area contributed by atoms with Crippen molar-refractivity contribution in [3.63, 3.8) is 0 Å². The van der Waals surface area contributed by atoms with Gasteiger partial charge in [0.1, 0.15) is 12.6 Å². The van der Waals surface area contributed by atoms with Crippen molar-refractivity contribution < 1.29 is 24.2 Å². The Morgan fingerprint density at radius 1 is 1.06 bits per heavy atom. The highest BCUT2D eigenvalue weighted by Gasteiger charge is 2.35. The number of carbonyl (C=O) groups excluding carboxylic acids is 2. The largest absolute Gasteiger partial charge is 0.481 e. The summed E-state index contributed by atoms with van der Waals surface area (Å²) in [5, 5.41) is 12.0. The number of nitrogens with one attached hydrogen (secondary N) is 1. The molecule has 0 aromatic heterocycles. The van der Waals surface area contributed by atoms with Gasteiger partial charge in [-0.3, -0.25) is 9.59 Å². The van der Waals surface area contributed by atoms with Crippen LogP contribution in [0.25, 0.3) is 11.1 Å². The van der Waals surface area contributed by atoms with Gasteiger partial charge >= 0.3 is 12.1 Å². The van der Waals surface area contributed by atoms with Crippen molar-refractivity contribution in [2.45, 2.75) is 38.6 Å². The van der Waals surface area contributed by atoms with E-state index < -0.39 is 24.0 Å². The van der Waals surface area contributed by atoms with Gasteiger partial charge in [-0.05, 0) is 41.0 Å². The summed E-state index contributed by atoms with van der Waals surface area (Å²) in [7, 11) is 0. The quantitative estimate of drug-likeness (QED) is 0.697. The summed E-state index contributed by atoms with van der Waals surface area (Å²) in [5.74, 6) is -1.94.